The summed E-state index contributed by atoms with van der Waals surface area (Å²) in [7, 11) is 4.72. The summed E-state index contributed by atoms with van der Waals surface area (Å²) < 4.78 is 23.4. The van der Waals surface area contributed by atoms with Crippen LogP contribution in [0.15, 0.2) is 73.1 Å². The lowest BCUT2D eigenvalue weighted by molar-refractivity contribution is 0.0287. The summed E-state index contributed by atoms with van der Waals surface area (Å²) in [5.41, 5.74) is 3.37. The molecule has 0 saturated carbocycles. The number of fused-ring (bicyclic) bond motifs is 4. The first-order valence-electron chi connectivity index (χ1n) is 18.0. The highest BCUT2D eigenvalue weighted by Gasteiger charge is 2.37. The Kier molecular flexibility index (Phi) is 11.7. The molecule has 0 aliphatic carbocycles. The van der Waals surface area contributed by atoms with E-state index in [0.717, 1.165) is 16.5 Å². The van der Waals surface area contributed by atoms with Crippen molar-refractivity contribution in [2.45, 2.75) is 39.2 Å². The Hall–Kier alpha value is -5.86. The van der Waals surface area contributed by atoms with Gasteiger partial charge in [0, 0.05) is 82.0 Å². The Labute approximate surface area is 329 Å². The number of aromatic nitrogens is 2. The van der Waals surface area contributed by atoms with Gasteiger partial charge in [-0.3, -0.25) is 9.59 Å². The molecule has 1 N–H and O–H groups in total. The molecule has 5 aromatic rings. The molecule has 3 heterocycles. The average molecular weight is 785 g/mol. The van der Waals surface area contributed by atoms with Crippen molar-refractivity contribution in [3.05, 3.63) is 95.4 Å². The molecule has 1 aliphatic heterocycles. The van der Waals surface area contributed by atoms with E-state index < -0.39 is 17.8 Å². The van der Waals surface area contributed by atoms with Gasteiger partial charge in [-0.25, -0.2) is 14.6 Å². The zero-order chi connectivity index (χ0) is 40.3. The molecule has 1 aliphatic rings. The summed E-state index contributed by atoms with van der Waals surface area (Å²) in [5, 5.41) is 4.44. The Morgan fingerprint density at radius 3 is 2.36 bits per heavy atom. The second-order valence-electron chi connectivity index (χ2n) is 14.6. The van der Waals surface area contributed by atoms with Crippen molar-refractivity contribution >= 4 is 63.4 Å². The Morgan fingerprint density at radius 2 is 1.68 bits per heavy atom. The predicted molar refractivity (Wildman–Crippen MR) is 213 cm³/mol. The van der Waals surface area contributed by atoms with Gasteiger partial charge in [0.05, 0.1) is 11.4 Å². The van der Waals surface area contributed by atoms with E-state index in [1.165, 1.54) is 16.9 Å². The molecule has 0 unspecified atom stereocenters. The van der Waals surface area contributed by atoms with Crippen LogP contribution in [-0.2, 0) is 9.47 Å². The number of aryl methyl sites for hydroxylation is 1. The molecule has 15 heteroatoms. The van der Waals surface area contributed by atoms with Crippen LogP contribution in [0.3, 0.4) is 0 Å². The summed E-state index contributed by atoms with van der Waals surface area (Å²) in [6.07, 6.45) is 2.16. The quantitative estimate of drug-likeness (QED) is 0.108. The number of carbonyl (C=O) groups excluding carboxylic acids is 4. The van der Waals surface area contributed by atoms with Crippen molar-refractivity contribution in [1.82, 2.24) is 19.2 Å². The third kappa shape index (κ3) is 8.66. The van der Waals surface area contributed by atoms with Crippen molar-refractivity contribution in [2.24, 2.45) is 0 Å². The Bertz CT molecular complexity index is 2290. The lowest BCUT2D eigenvalue weighted by Gasteiger charge is -2.26. The van der Waals surface area contributed by atoms with Gasteiger partial charge in [-0.15, -0.1) is 11.6 Å². The van der Waals surface area contributed by atoms with Gasteiger partial charge < -0.3 is 43.4 Å². The number of rotatable bonds is 11. The van der Waals surface area contributed by atoms with Crippen LogP contribution in [0.5, 0.6) is 11.5 Å². The highest BCUT2D eigenvalue weighted by Crippen LogP contribution is 2.47. The predicted octanol–water partition coefficient (Wildman–Crippen LogP) is 7.31. The molecule has 6 rings (SSSR count). The molecule has 4 amide bonds. The lowest BCUT2D eigenvalue weighted by atomic mass is 9.92. The zero-order valence-corrected chi connectivity index (χ0v) is 33.2. The Morgan fingerprint density at radius 1 is 0.964 bits per heavy atom. The van der Waals surface area contributed by atoms with E-state index in [4.69, 9.17) is 30.5 Å². The minimum atomic E-state index is -0.649. The van der Waals surface area contributed by atoms with Crippen LogP contribution < -0.4 is 19.7 Å². The maximum absolute atomic E-state index is 14.3. The molecule has 1 atom stereocenters. The number of nitrogens with zero attached hydrogens (tertiary/aromatic N) is 5. The van der Waals surface area contributed by atoms with E-state index in [0.29, 0.717) is 40.3 Å². The summed E-state index contributed by atoms with van der Waals surface area (Å²) >= 11 is 6.55. The molecule has 56 heavy (non-hydrogen) atoms. The van der Waals surface area contributed by atoms with Gasteiger partial charge in [0.15, 0.2) is 6.79 Å². The highest BCUT2D eigenvalue weighted by atomic mass is 35.5. The smallest absolute Gasteiger partial charge is 0.415 e. The second kappa shape index (κ2) is 16.5. The molecule has 14 nitrogen and oxygen atoms in total. The number of benzene rings is 3. The largest absolute Gasteiger partial charge is 0.468 e. The average Bonchev–Trinajstić information content (AvgIpc) is 3.76. The number of ether oxygens (including phenoxy) is 4. The van der Waals surface area contributed by atoms with Crippen LogP contribution in [0, 0.1) is 6.92 Å². The van der Waals surface area contributed by atoms with Crippen molar-refractivity contribution < 1.29 is 38.1 Å². The molecule has 0 bridgehead atoms. The molecular formula is C41H45ClN6O8. The highest BCUT2D eigenvalue weighted by molar-refractivity contribution is 6.19. The van der Waals surface area contributed by atoms with E-state index >= 15 is 0 Å². The van der Waals surface area contributed by atoms with Crippen molar-refractivity contribution in [3.63, 3.8) is 0 Å². The molecule has 294 valence electrons. The second-order valence-corrected chi connectivity index (χ2v) is 14.9. The van der Waals surface area contributed by atoms with Gasteiger partial charge in [0.25, 0.3) is 11.8 Å². The van der Waals surface area contributed by atoms with Gasteiger partial charge in [-0.1, -0.05) is 18.2 Å². The third-order valence-electron chi connectivity index (χ3n) is 9.26. The first-order chi connectivity index (χ1) is 26.7. The van der Waals surface area contributed by atoms with E-state index in [-0.39, 0.29) is 54.9 Å². The van der Waals surface area contributed by atoms with Gasteiger partial charge in [-0.2, -0.15) is 0 Å². The number of anilines is 2. The molecule has 0 fully saturated rings. The van der Waals surface area contributed by atoms with E-state index in [1.807, 2.05) is 25.1 Å². The molecule has 0 spiro atoms. The maximum Gasteiger partial charge on any atom is 0.415 e. The number of amides is 4. The summed E-state index contributed by atoms with van der Waals surface area (Å²) in [4.78, 5) is 62.2. The molecule has 3 aromatic carbocycles. The van der Waals surface area contributed by atoms with Crippen LogP contribution in [0.1, 0.15) is 58.7 Å². The first kappa shape index (κ1) is 39.8. The SMILES string of the molecule is COCOc1ccc(C(=O)Nc2ccc3nc(C(=O)N4C[C@@H](CCl)c5c4cc(OC(=O)N(C)CCN(C)C(=O)OC(C)(C)C)c4cccc(C)c54)cn3c2)cc1. The number of pyridine rings is 1. The fourth-order valence-electron chi connectivity index (χ4n) is 6.42. The van der Waals surface area contributed by atoms with Crippen molar-refractivity contribution in [3.8, 4) is 11.5 Å². The lowest BCUT2D eigenvalue weighted by Crippen LogP contribution is -2.40. The number of nitrogens with one attached hydrogen (secondary N) is 1. The minimum Gasteiger partial charge on any atom is -0.468 e. The standard InChI is InChI=1S/C41H45ClN6O8/c1-25-9-8-10-30-33(55-39(51)45(5)17-18-46(6)40(52)56-41(2,3)4)19-32-36(35(25)30)27(20-42)21-48(32)38(50)31-23-47-22-28(13-16-34(47)44-31)43-37(49)26-11-14-29(15-12-26)54-24-53-7/h8-16,19,22-23,27H,17-18,20-21,24H2,1-7H3,(H,43,49)/t27-/m1/s1. The van der Waals surface area contributed by atoms with Gasteiger partial charge >= 0.3 is 12.2 Å². The van der Waals surface area contributed by atoms with Gasteiger partial charge in [0.2, 0.25) is 0 Å². The maximum atomic E-state index is 14.3. The van der Waals surface area contributed by atoms with Crippen LogP contribution in [0.4, 0.5) is 21.0 Å². The van der Waals surface area contributed by atoms with Gasteiger partial charge in [-0.05, 0) is 80.6 Å². The molecule has 0 saturated heterocycles. The number of halogens is 1. The van der Waals surface area contributed by atoms with Crippen molar-refractivity contribution in [2.75, 3.05) is 63.7 Å². The fourth-order valence-corrected chi connectivity index (χ4v) is 6.67. The number of carbonyl (C=O) groups is 4. The number of hydrogen-bond donors (Lipinski definition) is 1. The number of methoxy groups -OCH3 is 1. The normalized spacial score (nSPS) is 13.7. The minimum absolute atomic E-state index is 0.0999. The topological polar surface area (TPSA) is 144 Å². The molecular weight excluding hydrogens is 740 g/mol. The first-order valence-corrected chi connectivity index (χ1v) is 18.5. The number of imidazole rings is 1. The molecule has 0 radical (unpaired) electrons. The van der Waals surface area contributed by atoms with Crippen LogP contribution >= 0.6 is 11.6 Å². The number of alkyl halides is 1. The summed E-state index contributed by atoms with van der Waals surface area (Å²) in [6.45, 7) is 8.12. The number of likely N-dealkylation sites (N-methyl/N-ethyl adjacent to an activating group) is 2. The van der Waals surface area contributed by atoms with E-state index in [9.17, 15) is 19.2 Å². The third-order valence-corrected chi connectivity index (χ3v) is 9.63. The van der Waals surface area contributed by atoms with Crippen LogP contribution in [-0.4, -0.2) is 102 Å². The van der Waals surface area contributed by atoms with Crippen LogP contribution in [0.2, 0.25) is 0 Å². The monoisotopic (exact) mass is 784 g/mol. The summed E-state index contributed by atoms with van der Waals surface area (Å²) in [6, 6.07) is 17.5. The summed E-state index contributed by atoms with van der Waals surface area (Å²) in [5.74, 6) is 0.220. The number of hydrogen-bond acceptors (Lipinski definition) is 9. The van der Waals surface area contributed by atoms with Gasteiger partial charge in [0.1, 0.15) is 28.4 Å². The zero-order valence-electron chi connectivity index (χ0n) is 32.4. The fraction of sp³-hybridized carbons (Fsp3) is 0.341. The Balaban J connectivity index is 1.23. The molecule has 2 aromatic heterocycles. The van der Waals surface area contributed by atoms with Crippen LogP contribution in [0.25, 0.3) is 16.4 Å². The van der Waals surface area contributed by atoms with Crippen molar-refractivity contribution in [1.29, 1.82) is 0 Å². The van der Waals surface area contributed by atoms with E-state index in [1.54, 1.807) is 99.0 Å². The van der Waals surface area contributed by atoms with E-state index in [2.05, 4.69) is 10.3 Å².